The first-order valence-corrected chi connectivity index (χ1v) is 12.3. The number of benzene rings is 2. The number of nitrogens with one attached hydrogen (secondary N) is 1. The van der Waals surface area contributed by atoms with Crippen molar-refractivity contribution in [3.8, 4) is 0 Å². The van der Waals surface area contributed by atoms with Crippen LogP contribution in [0.3, 0.4) is 0 Å². The number of halogens is 1. The van der Waals surface area contributed by atoms with Crippen molar-refractivity contribution in [2.24, 2.45) is 0 Å². The average Bonchev–Trinajstić information content (AvgIpc) is 3.04. The molecule has 2 aromatic carbocycles. The Bertz CT molecular complexity index is 982. The number of amides is 1. The zero-order valence-electron chi connectivity index (χ0n) is 17.5. The van der Waals surface area contributed by atoms with Gasteiger partial charge in [-0.15, -0.1) is 0 Å². The number of nitrogens with zero attached hydrogens (tertiary/aromatic N) is 1. The molecule has 1 aliphatic rings. The maximum Gasteiger partial charge on any atom is 0.251 e. The van der Waals surface area contributed by atoms with E-state index in [2.05, 4.69) is 12.2 Å². The third kappa shape index (κ3) is 5.23. The summed E-state index contributed by atoms with van der Waals surface area (Å²) in [5.74, 6) is -0.328. The van der Waals surface area contributed by atoms with E-state index in [-0.39, 0.29) is 27.4 Å². The minimum Gasteiger partial charge on any atom is -0.346 e. The highest BCUT2D eigenvalue weighted by Crippen LogP contribution is 2.28. The lowest BCUT2D eigenvalue weighted by atomic mass is 10.0. The maximum atomic E-state index is 13.1. The van der Waals surface area contributed by atoms with Gasteiger partial charge in [-0.2, -0.15) is 4.31 Å². The van der Waals surface area contributed by atoms with Crippen LogP contribution in [0.1, 0.15) is 67.1 Å². The third-order valence-electron chi connectivity index (χ3n) is 5.61. The number of rotatable bonds is 6. The fraction of sp³-hybridized carbons (Fsp3) is 0.435. The summed E-state index contributed by atoms with van der Waals surface area (Å²) in [5.41, 5.74) is 2.51. The van der Waals surface area contributed by atoms with E-state index < -0.39 is 10.0 Å². The van der Waals surface area contributed by atoms with Crippen molar-refractivity contribution in [2.45, 2.75) is 56.9 Å². The van der Waals surface area contributed by atoms with E-state index in [9.17, 15) is 13.2 Å². The minimum absolute atomic E-state index is 0.00123. The van der Waals surface area contributed by atoms with Crippen molar-refractivity contribution >= 4 is 27.5 Å². The Balaban J connectivity index is 1.80. The van der Waals surface area contributed by atoms with E-state index >= 15 is 0 Å². The summed E-state index contributed by atoms with van der Waals surface area (Å²) in [7, 11) is -3.74. The summed E-state index contributed by atoms with van der Waals surface area (Å²) in [6.07, 6.45) is 4.69. The van der Waals surface area contributed by atoms with Gasteiger partial charge in [0.1, 0.15) is 4.90 Å². The Morgan fingerprint density at radius 1 is 1.07 bits per heavy atom. The molecular weight excluding hydrogens is 420 g/mol. The first-order valence-electron chi connectivity index (χ1n) is 10.5. The van der Waals surface area contributed by atoms with Crippen molar-refractivity contribution in [3.05, 3.63) is 64.2 Å². The SMILES string of the molecule is CCc1ccc([C@@H](C)NC(=O)c2ccc(Cl)c(S(=O)(=O)N3CCCCCC3)c2)cc1. The Morgan fingerprint density at radius 2 is 1.70 bits per heavy atom. The quantitative estimate of drug-likeness (QED) is 0.679. The highest BCUT2D eigenvalue weighted by atomic mass is 35.5. The molecule has 1 aliphatic heterocycles. The van der Waals surface area contributed by atoms with E-state index in [4.69, 9.17) is 11.6 Å². The summed E-state index contributed by atoms with van der Waals surface area (Å²) in [4.78, 5) is 12.8. The van der Waals surface area contributed by atoms with Gasteiger partial charge in [-0.05, 0) is 55.5 Å². The molecule has 1 fully saturated rings. The van der Waals surface area contributed by atoms with Gasteiger partial charge in [-0.25, -0.2) is 8.42 Å². The highest BCUT2D eigenvalue weighted by molar-refractivity contribution is 7.89. The lowest BCUT2D eigenvalue weighted by Crippen LogP contribution is -2.32. The molecular formula is C23H29ClN2O3S. The van der Waals surface area contributed by atoms with Gasteiger partial charge in [-0.3, -0.25) is 4.79 Å². The van der Waals surface area contributed by atoms with Crippen LogP contribution >= 0.6 is 11.6 Å². The van der Waals surface area contributed by atoms with E-state index in [1.165, 1.54) is 22.0 Å². The van der Waals surface area contributed by atoms with Gasteiger partial charge < -0.3 is 5.32 Å². The first kappa shape index (κ1) is 22.8. The molecule has 7 heteroatoms. The molecule has 1 N–H and O–H groups in total. The van der Waals surface area contributed by atoms with Crippen LogP contribution < -0.4 is 5.32 Å². The van der Waals surface area contributed by atoms with Crippen LogP contribution in [-0.4, -0.2) is 31.7 Å². The van der Waals surface area contributed by atoms with Crippen molar-refractivity contribution in [3.63, 3.8) is 0 Å². The molecule has 0 bridgehead atoms. The van der Waals surface area contributed by atoms with Gasteiger partial charge in [0.15, 0.2) is 0 Å². The zero-order valence-corrected chi connectivity index (χ0v) is 19.1. The first-order chi connectivity index (χ1) is 14.3. The van der Waals surface area contributed by atoms with Gasteiger partial charge in [-0.1, -0.05) is 55.6 Å². The number of hydrogen-bond donors (Lipinski definition) is 1. The topological polar surface area (TPSA) is 66.5 Å². The van der Waals surface area contributed by atoms with Gasteiger partial charge in [0.25, 0.3) is 5.91 Å². The van der Waals surface area contributed by atoms with E-state index in [1.807, 2.05) is 31.2 Å². The zero-order chi connectivity index (χ0) is 21.7. The van der Waals surface area contributed by atoms with Crippen molar-refractivity contribution in [2.75, 3.05) is 13.1 Å². The molecule has 1 saturated heterocycles. The fourth-order valence-corrected chi connectivity index (χ4v) is 5.69. The van der Waals surface area contributed by atoms with Crippen molar-refractivity contribution < 1.29 is 13.2 Å². The lowest BCUT2D eigenvalue weighted by molar-refractivity contribution is 0.0939. The molecule has 2 aromatic rings. The second-order valence-electron chi connectivity index (χ2n) is 7.75. The predicted octanol–water partition coefficient (Wildman–Crippen LogP) is 4.96. The number of carbonyl (C=O) groups excluding carboxylic acids is 1. The van der Waals surface area contributed by atoms with Crippen molar-refractivity contribution in [1.82, 2.24) is 9.62 Å². The maximum absolute atomic E-state index is 13.1. The fourth-order valence-electron chi connectivity index (χ4n) is 3.67. The van der Waals surface area contributed by atoms with Crippen LogP contribution in [0.4, 0.5) is 0 Å². The molecule has 1 heterocycles. The Morgan fingerprint density at radius 3 is 2.30 bits per heavy atom. The smallest absolute Gasteiger partial charge is 0.251 e. The van der Waals surface area contributed by atoms with Crippen molar-refractivity contribution in [1.29, 1.82) is 0 Å². The number of aryl methyl sites for hydroxylation is 1. The Kier molecular flexibility index (Phi) is 7.55. The normalized spacial score (nSPS) is 16.6. The minimum atomic E-state index is -3.74. The molecule has 0 radical (unpaired) electrons. The van der Waals surface area contributed by atoms with Gasteiger partial charge in [0.2, 0.25) is 10.0 Å². The van der Waals surface area contributed by atoms with E-state index in [0.29, 0.717) is 13.1 Å². The molecule has 0 unspecified atom stereocenters. The molecule has 30 heavy (non-hydrogen) atoms. The second-order valence-corrected chi connectivity index (χ2v) is 10.1. The van der Waals surface area contributed by atoms with Crippen LogP contribution in [0.25, 0.3) is 0 Å². The molecule has 0 aliphatic carbocycles. The van der Waals surface area contributed by atoms with Gasteiger partial charge in [0.05, 0.1) is 11.1 Å². The molecule has 0 spiro atoms. The molecule has 5 nitrogen and oxygen atoms in total. The number of sulfonamides is 1. The molecule has 162 valence electrons. The number of hydrogen-bond acceptors (Lipinski definition) is 3. The van der Waals surface area contributed by atoms with Crippen LogP contribution in [-0.2, 0) is 16.4 Å². The van der Waals surface area contributed by atoms with Crippen LogP contribution in [0.5, 0.6) is 0 Å². The summed E-state index contributed by atoms with van der Waals surface area (Å²) in [6.45, 7) is 4.97. The summed E-state index contributed by atoms with van der Waals surface area (Å²) in [6, 6.07) is 12.3. The molecule has 1 amide bonds. The largest absolute Gasteiger partial charge is 0.346 e. The number of carbonyl (C=O) groups is 1. The Hall–Kier alpha value is -1.89. The standard InChI is InChI=1S/C23H29ClN2O3S/c1-3-18-8-10-19(11-9-18)17(2)25-23(27)20-12-13-21(24)22(16-20)30(28,29)26-14-6-4-5-7-15-26/h8-13,16-17H,3-7,14-15H2,1-2H3,(H,25,27)/t17-/m1/s1. The predicted molar refractivity (Wildman–Crippen MR) is 120 cm³/mol. The molecule has 1 atom stereocenters. The van der Waals surface area contributed by atoms with Crippen LogP contribution in [0.2, 0.25) is 5.02 Å². The molecule has 0 saturated carbocycles. The summed E-state index contributed by atoms with van der Waals surface area (Å²) >= 11 is 6.24. The monoisotopic (exact) mass is 448 g/mol. The van der Waals surface area contributed by atoms with E-state index in [1.54, 1.807) is 6.07 Å². The van der Waals surface area contributed by atoms with Crippen LogP contribution in [0.15, 0.2) is 47.4 Å². The average molecular weight is 449 g/mol. The molecule has 3 rings (SSSR count). The Labute approximate surface area is 184 Å². The highest BCUT2D eigenvalue weighted by Gasteiger charge is 2.28. The lowest BCUT2D eigenvalue weighted by Gasteiger charge is -2.21. The van der Waals surface area contributed by atoms with E-state index in [0.717, 1.165) is 37.7 Å². The van der Waals surface area contributed by atoms with Gasteiger partial charge >= 0.3 is 0 Å². The van der Waals surface area contributed by atoms with Gasteiger partial charge in [0, 0.05) is 18.7 Å². The third-order valence-corrected chi connectivity index (χ3v) is 7.99. The summed E-state index contributed by atoms with van der Waals surface area (Å²) in [5, 5.41) is 3.09. The second kappa shape index (κ2) is 9.94. The summed E-state index contributed by atoms with van der Waals surface area (Å²) < 4.78 is 27.8. The molecule has 0 aromatic heterocycles. The van der Waals surface area contributed by atoms with Crippen LogP contribution in [0, 0.1) is 0 Å².